The molecule has 2 nitrogen and oxygen atoms in total. The number of aromatic hydroxyl groups is 1. The Hall–Kier alpha value is -1.09. The third kappa shape index (κ3) is 1.07. The van der Waals surface area contributed by atoms with Crippen LogP contribution in [0, 0.1) is 5.82 Å². The molecule has 1 aliphatic heterocycles. The second kappa shape index (κ2) is 2.20. The molecule has 1 aliphatic rings. The maximum atomic E-state index is 12.9. The van der Waals surface area contributed by atoms with Crippen LogP contribution in [0.5, 0.6) is 5.75 Å². The molecule has 0 bridgehead atoms. The van der Waals surface area contributed by atoms with Gasteiger partial charge >= 0.3 is 0 Å². The van der Waals surface area contributed by atoms with E-state index in [1.165, 1.54) is 18.2 Å². The van der Waals surface area contributed by atoms with Crippen molar-refractivity contribution in [2.75, 3.05) is 6.54 Å². The lowest BCUT2D eigenvalue weighted by molar-refractivity contribution is 0.458. The lowest BCUT2D eigenvalue weighted by Crippen LogP contribution is -1.90. The minimum Gasteiger partial charge on any atom is -0.508 e. The second-order valence-corrected chi connectivity index (χ2v) is 2.63. The molecule has 0 unspecified atom stereocenters. The fraction of sp³-hybridized carbons (Fsp3) is 0.250. The summed E-state index contributed by atoms with van der Waals surface area (Å²) in [6, 6.07) is 4.38. The maximum Gasteiger partial charge on any atom is 0.131 e. The van der Waals surface area contributed by atoms with Crippen molar-refractivity contribution in [3.63, 3.8) is 0 Å². The second-order valence-electron chi connectivity index (χ2n) is 2.63. The zero-order valence-electron chi connectivity index (χ0n) is 5.84. The van der Waals surface area contributed by atoms with Crippen molar-refractivity contribution in [1.82, 2.24) is 5.32 Å². The molecule has 3 heteroatoms. The number of halogens is 1. The monoisotopic (exact) mass is 153 g/mol. The molecular formula is C8H8FNO. The Labute approximate surface area is 63.7 Å². The molecule has 0 saturated carbocycles. The molecule has 0 radical (unpaired) electrons. The summed E-state index contributed by atoms with van der Waals surface area (Å²) >= 11 is 0. The summed E-state index contributed by atoms with van der Waals surface area (Å²) in [6.07, 6.45) is 0. The van der Waals surface area contributed by atoms with Crippen molar-refractivity contribution in [2.45, 2.75) is 6.04 Å². The van der Waals surface area contributed by atoms with Crippen molar-refractivity contribution in [3.8, 4) is 5.75 Å². The van der Waals surface area contributed by atoms with Gasteiger partial charge in [0.15, 0.2) is 0 Å². The third-order valence-electron chi connectivity index (χ3n) is 1.79. The van der Waals surface area contributed by atoms with Gasteiger partial charge in [-0.15, -0.1) is 0 Å². The van der Waals surface area contributed by atoms with E-state index in [0.29, 0.717) is 5.56 Å². The van der Waals surface area contributed by atoms with E-state index in [1.807, 2.05) is 0 Å². The first-order valence-electron chi connectivity index (χ1n) is 3.50. The Morgan fingerprint density at radius 1 is 1.55 bits per heavy atom. The normalized spacial score (nSPS) is 21.7. The van der Waals surface area contributed by atoms with Crippen LogP contribution in [-0.2, 0) is 0 Å². The van der Waals surface area contributed by atoms with Gasteiger partial charge in [-0.25, -0.2) is 4.39 Å². The van der Waals surface area contributed by atoms with Gasteiger partial charge in [-0.2, -0.15) is 0 Å². The molecule has 0 aromatic heterocycles. The Morgan fingerprint density at radius 2 is 2.27 bits per heavy atom. The first kappa shape index (κ1) is 6.61. The van der Waals surface area contributed by atoms with Crippen molar-refractivity contribution in [1.29, 1.82) is 0 Å². The van der Waals surface area contributed by atoms with Gasteiger partial charge in [0.2, 0.25) is 0 Å². The van der Waals surface area contributed by atoms with Gasteiger partial charge in [0.05, 0.1) is 6.04 Å². The fourth-order valence-corrected chi connectivity index (χ4v) is 1.13. The molecule has 0 aliphatic carbocycles. The summed E-state index contributed by atoms with van der Waals surface area (Å²) in [4.78, 5) is 0. The predicted octanol–water partition coefficient (Wildman–Crippen LogP) is 1.18. The zero-order chi connectivity index (χ0) is 7.84. The predicted molar refractivity (Wildman–Crippen MR) is 38.8 cm³/mol. The van der Waals surface area contributed by atoms with Gasteiger partial charge in [0.25, 0.3) is 0 Å². The summed E-state index contributed by atoms with van der Waals surface area (Å²) in [6.45, 7) is 0.758. The first-order valence-corrected chi connectivity index (χ1v) is 3.50. The highest BCUT2D eigenvalue weighted by Crippen LogP contribution is 2.31. The Balaban J connectivity index is 2.48. The summed E-state index contributed by atoms with van der Waals surface area (Å²) < 4.78 is 12.9. The molecule has 0 amide bonds. The molecule has 58 valence electrons. The number of benzene rings is 1. The molecule has 2 N–H and O–H groups in total. The number of hydrogen-bond donors (Lipinski definition) is 2. The molecule has 1 heterocycles. The summed E-state index contributed by atoms with van der Waals surface area (Å²) in [5, 5.41) is 12.2. The molecule has 1 fully saturated rings. The molecule has 1 atom stereocenters. The Morgan fingerprint density at radius 3 is 2.82 bits per heavy atom. The van der Waals surface area contributed by atoms with Crippen LogP contribution in [0.25, 0.3) is 0 Å². The molecule has 1 aromatic rings. The number of hydrogen-bond acceptors (Lipinski definition) is 2. The van der Waals surface area contributed by atoms with E-state index in [0.717, 1.165) is 6.54 Å². The topological polar surface area (TPSA) is 42.2 Å². The number of nitrogens with one attached hydrogen (secondary N) is 1. The van der Waals surface area contributed by atoms with Gasteiger partial charge in [0, 0.05) is 12.1 Å². The van der Waals surface area contributed by atoms with Gasteiger partial charge in [-0.1, -0.05) is 6.07 Å². The summed E-state index contributed by atoms with van der Waals surface area (Å²) in [7, 11) is 0. The van der Waals surface area contributed by atoms with Gasteiger partial charge in [0.1, 0.15) is 11.6 Å². The van der Waals surface area contributed by atoms with Crippen LogP contribution in [0.4, 0.5) is 4.39 Å². The average molecular weight is 153 g/mol. The quantitative estimate of drug-likeness (QED) is 0.595. The first-order chi connectivity index (χ1) is 5.29. The summed E-state index contributed by atoms with van der Waals surface area (Å²) in [5.41, 5.74) is 0.396. The smallest absolute Gasteiger partial charge is 0.131 e. The van der Waals surface area contributed by atoms with E-state index in [1.54, 1.807) is 0 Å². The fourth-order valence-electron chi connectivity index (χ4n) is 1.13. The van der Waals surface area contributed by atoms with Crippen molar-refractivity contribution < 1.29 is 9.50 Å². The van der Waals surface area contributed by atoms with Crippen LogP contribution in [-0.4, -0.2) is 11.7 Å². The van der Waals surface area contributed by atoms with Crippen LogP contribution < -0.4 is 5.32 Å². The minimum absolute atomic E-state index is 0.0243. The lowest BCUT2D eigenvalue weighted by Gasteiger charge is -2.01. The van der Waals surface area contributed by atoms with E-state index in [9.17, 15) is 9.50 Å². The SMILES string of the molecule is Oc1cccc(F)c1[C@H]1CN1. The van der Waals surface area contributed by atoms with E-state index < -0.39 is 0 Å². The molecule has 1 aromatic carbocycles. The lowest BCUT2D eigenvalue weighted by atomic mass is 10.1. The maximum absolute atomic E-state index is 12.9. The van der Waals surface area contributed by atoms with Crippen LogP contribution in [0.2, 0.25) is 0 Å². The Kier molecular flexibility index (Phi) is 1.32. The largest absolute Gasteiger partial charge is 0.508 e. The Bertz CT molecular complexity index is 263. The highest BCUT2D eigenvalue weighted by molar-refractivity contribution is 5.38. The van der Waals surface area contributed by atoms with Crippen LogP contribution in [0.3, 0.4) is 0 Å². The molecule has 1 saturated heterocycles. The highest BCUT2D eigenvalue weighted by Gasteiger charge is 2.28. The molecule has 11 heavy (non-hydrogen) atoms. The van der Waals surface area contributed by atoms with E-state index >= 15 is 0 Å². The van der Waals surface area contributed by atoms with Gasteiger partial charge < -0.3 is 10.4 Å². The van der Waals surface area contributed by atoms with E-state index in [-0.39, 0.29) is 17.6 Å². The van der Waals surface area contributed by atoms with Gasteiger partial charge in [-0.3, -0.25) is 0 Å². The van der Waals surface area contributed by atoms with Gasteiger partial charge in [-0.05, 0) is 12.1 Å². The number of phenolic OH excluding ortho intramolecular Hbond substituents is 1. The van der Waals surface area contributed by atoms with Crippen LogP contribution in [0.15, 0.2) is 18.2 Å². The number of phenols is 1. The van der Waals surface area contributed by atoms with E-state index in [2.05, 4.69) is 5.32 Å². The highest BCUT2D eigenvalue weighted by atomic mass is 19.1. The van der Waals surface area contributed by atoms with E-state index in [4.69, 9.17) is 0 Å². The number of rotatable bonds is 1. The zero-order valence-corrected chi connectivity index (χ0v) is 5.84. The summed E-state index contributed by atoms with van der Waals surface area (Å²) in [5.74, 6) is -0.292. The van der Waals surface area contributed by atoms with Crippen molar-refractivity contribution in [2.24, 2.45) is 0 Å². The van der Waals surface area contributed by atoms with Crippen molar-refractivity contribution >= 4 is 0 Å². The van der Waals surface area contributed by atoms with Crippen molar-refractivity contribution in [3.05, 3.63) is 29.6 Å². The molecule has 0 spiro atoms. The van der Waals surface area contributed by atoms with Crippen LogP contribution in [0.1, 0.15) is 11.6 Å². The minimum atomic E-state index is -0.333. The molecule has 2 rings (SSSR count). The molecular weight excluding hydrogens is 145 g/mol. The standard InChI is InChI=1S/C8H8FNO/c9-5-2-1-3-7(11)8(5)6-4-10-6/h1-3,6,10-11H,4H2/t6-/m1/s1. The average Bonchev–Trinajstić information content (AvgIpc) is 2.70. The van der Waals surface area contributed by atoms with Crippen LogP contribution >= 0.6 is 0 Å². The third-order valence-corrected chi connectivity index (χ3v) is 1.79.